The van der Waals surface area contributed by atoms with Crippen molar-refractivity contribution in [2.75, 3.05) is 0 Å². The molecule has 3 heteroatoms. The minimum absolute atomic E-state index is 0.216. The molecule has 1 aliphatic carbocycles. The Hall–Kier alpha value is -1.56. The molecule has 0 N–H and O–H groups in total. The summed E-state index contributed by atoms with van der Waals surface area (Å²) < 4.78 is 2.15. The van der Waals surface area contributed by atoms with Gasteiger partial charge in [-0.25, -0.2) is 0 Å². The van der Waals surface area contributed by atoms with E-state index in [9.17, 15) is 4.79 Å². The second kappa shape index (κ2) is 5.61. The summed E-state index contributed by atoms with van der Waals surface area (Å²) in [6, 6.07) is 2.33. The summed E-state index contributed by atoms with van der Waals surface area (Å²) in [5.74, 6) is 0.297. The molecule has 0 spiro atoms. The third kappa shape index (κ3) is 3.47. The zero-order valence-corrected chi connectivity index (χ0v) is 11.9. The first kappa shape index (κ1) is 13.9. The van der Waals surface area contributed by atoms with E-state index >= 15 is 0 Å². The fourth-order valence-electron chi connectivity index (χ4n) is 2.63. The van der Waals surface area contributed by atoms with Gasteiger partial charge in [-0.15, -0.1) is 0 Å². The van der Waals surface area contributed by atoms with Crippen molar-refractivity contribution >= 4 is 5.78 Å². The van der Waals surface area contributed by atoms with Crippen LogP contribution in [0, 0.1) is 16.7 Å². The number of ketones is 1. The van der Waals surface area contributed by atoms with Crippen molar-refractivity contribution in [1.82, 2.24) is 4.57 Å². The maximum atomic E-state index is 11.7. The van der Waals surface area contributed by atoms with Crippen molar-refractivity contribution < 1.29 is 4.79 Å². The summed E-state index contributed by atoms with van der Waals surface area (Å²) in [6.07, 6.45) is 9.91. The summed E-state index contributed by atoms with van der Waals surface area (Å²) in [6.45, 7) is 4.92. The van der Waals surface area contributed by atoms with E-state index in [2.05, 4.69) is 16.8 Å². The fraction of sp³-hybridized carbons (Fsp3) is 0.625. The summed E-state index contributed by atoms with van der Waals surface area (Å²) in [4.78, 5) is 11.7. The smallest absolute Gasteiger partial charge is 0.164 e. The number of fused-ring (bicyclic) bond motifs is 1. The molecule has 3 nitrogen and oxygen atoms in total. The van der Waals surface area contributed by atoms with Gasteiger partial charge in [-0.2, -0.15) is 5.26 Å². The second-order valence-electron chi connectivity index (χ2n) is 6.16. The number of nitrogens with zero attached hydrogens (tertiary/aromatic N) is 2. The molecule has 1 heterocycles. The lowest BCUT2D eigenvalue weighted by molar-refractivity contribution is 0.0973. The normalized spacial score (nSPS) is 15.1. The Labute approximate surface area is 115 Å². The number of carbonyl (C=O) groups excluding carboxylic acids is 1. The van der Waals surface area contributed by atoms with E-state index in [0.717, 1.165) is 44.2 Å². The van der Waals surface area contributed by atoms with Crippen molar-refractivity contribution in [3.8, 4) is 6.07 Å². The quantitative estimate of drug-likeness (QED) is 0.755. The molecule has 1 aliphatic rings. The second-order valence-corrected chi connectivity index (χ2v) is 6.16. The Balaban J connectivity index is 1.85. The van der Waals surface area contributed by atoms with Gasteiger partial charge in [0.15, 0.2) is 5.78 Å². The van der Waals surface area contributed by atoms with Crippen LogP contribution in [0.1, 0.15) is 61.9 Å². The number of nitriles is 1. The molecular weight excluding hydrogens is 236 g/mol. The first-order valence-corrected chi connectivity index (χ1v) is 7.15. The van der Waals surface area contributed by atoms with E-state index in [1.165, 1.54) is 5.56 Å². The van der Waals surface area contributed by atoms with E-state index < -0.39 is 0 Å². The molecule has 0 saturated heterocycles. The molecule has 0 atom stereocenters. The molecule has 1 aromatic heterocycles. The molecule has 2 rings (SSSR count). The van der Waals surface area contributed by atoms with E-state index in [1.807, 2.05) is 20.0 Å². The van der Waals surface area contributed by atoms with Crippen molar-refractivity contribution in [2.45, 2.75) is 58.9 Å². The van der Waals surface area contributed by atoms with Gasteiger partial charge in [0.25, 0.3) is 0 Å². The van der Waals surface area contributed by atoms with Crippen LogP contribution in [-0.2, 0) is 13.0 Å². The zero-order valence-electron chi connectivity index (χ0n) is 11.9. The van der Waals surface area contributed by atoms with Crippen LogP contribution < -0.4 is 0 Å². The van der Waals surface area contributed by atoms with Gasteiger partial charge in [-0.05, 0) is 45.1 Å². The molecule has 19 heavy (non-hydrogen) atoms. The van der Waals surface area contributed by atoms with Crippen LogP contribution in [0.4, 0.5) is 0 Å². The van der Waals surface area contributed by atoms with Crippen LogP contribution in [0.15, 0.2) is 12.4 Å². The summed E-state index contributed by atoms with van der Waals surface area (Å²) in [7, 11) is 0. The Morgan fingerprint density at radius 2 is 2.11 bits per heavy atom. The monoisotopic (exact) mass is 258 g/mol. The van der Waals surface area contributed by atoms with Crippen LogP contribution in [-0.4, -0.2) is 10.4 Å². The van der Waals surface area contributed by atoms with E-state index in [-0.39, 0.29) is 5.41 Å². The minimum atomic E-state index is -0.216. The topological polar surface area (TPSA) is 45.8 Å². The Morgan fingerprint density at radius 3 is 2.79 bits per heavy atom. The molecule has 0 amide bonds. The molecule has 0 bridgehead atoms. The van der Waals surface area contributed by atoms with Crippen molar-refractivity contribution in [3.63, 3.8) is 0 Å². The Morgan fingerprint density at radius 1 is 1.32 bits per heavy atom. The molecule has 0 saturated carbocycles. The number of carbonyl (C=O) groups is 1. The highest BCUT2D eigenvalue weighted by atomic mass is 16.1. The number of rotatable bonds is 5. The lowest BCUT2D eigenvalue weighted by Crippen LogP contribution is -2.08. The molecule has 0 fully saturated rings. The van der Waals surface area contributed by atoms with Crippen molar-refractivity contribution in [1.29, 1.82) is 5.26 Å². The third-order valence-electron chi connectivity index (χ3n) is 3.88. The van der Waals surface area contributed by atoms with Gasteiger partial charge in [0.2, 0.25) is 0 Å². The number of hydrogen-bond acceptors (Lipinski definition) is 2. The Kier molecular flexibility index (Phi) is 4.09. The number of aromatic nitrogens is 1. The summed E-state index contributed by atoms with van der Waals surface area (Å²) >= 11 is 0. The lowest BCUT2D eigenvalue weighted by Gasteiger charge is -2.14. The average molecular weight is 258 g/mol. The molecule has 0 aliphatic heterocycles. The van der Waals surface area contributed by atoms with Crippen LogP contribution in [0.25, 0.3) is 0 Å². The highest BCUT2D eigenvalue weighted by Crippen LogP contribution is 2.24. The maximum absolute atomic E-state index is 11.7. The highest BCUT2D eigenvalue weighted by molar-refractivity contribution is 5.98. The standard InChI is InChI=1S/C16H22N2O/c1-16(2,12-17)8-3-4-9-18-10-13-6-5-7-15(19)14(13)11-18/h10-11H,3-9H2,1-2H3. The molecule has 0 aromatic carbocycles. The fourth-order valence-corrected chi connectivity index (χ4v) is 2.63. The predicted molar refractivity (Wildman–Crippen MR) is 74.9 cm³/mol. The maximum Gasteiger partial charge on any atom is 0.164 e. The zero-order chi connectivity index (χ0) is 13.9. The number of hydrogen-bond donors (Lipinski definition) is 0. The molecular formula is C16H22N2O. The van der Waals surface area contributed by atoms with E-state index in [1.54, 1.807) is 0 Å². The van der Waals surface area contributed by atoms with Crippen molar-refractivity contribution in [3.05, 3.63) is 23.5 Å². The summed E-state index contributed by atoms with van der Waals surface area (Å²) in [5, 5.41) is 8.96. The van der Waals surface area contributed by atoms with E-state index in [0.29, 0.717) is 12.2 Å². The average Bonchev–Trinajstić information content (AvgIpc) is 2.79. The lowest BCUT2D eigenvalue weighted by atomic mass is 9.89. The van der Waals surface area contributed by atoms with E-state index in [4.69, 9.17) is 5.26 Å². The molecule has 0 unspecified atom stereocenters. The van der Waals surface area contributed by atoms with Crippen molar-refractivity contribution in [2.24, 2.45) is 5.41 Å². The van der Waals surface area contributed by atoms with Crippen LogP contribution in [0.2, 0.25) is 0 Å². The van der Waals surface area contributed by atoms with Gasteiger partial charge in [0.1, 0.15) is 0 Å². The molecule has 102 valence electrons. The molecule has 1 aromatic rings. The minimum Gasteiger partial charge on any atom is -0.353 e. The third-order valence-corrected chi connectivity index (χ3v) is 3.88. The van der Waals surface area contributed by atoms with Crippen LogP contribution in [0.5, 0.6) is 0 Å². The SMILES string of the molecule is CC(C)(C#N)CCCCn1cc2c(c1)C(=O)CCC2. The van der Waals surface area contributed by atoms with Gasteiger partial charge >= 0.3 is 0 Å². The summed E-state index contributed by atoms with van der Waals surface area (Å²) in [5.41, 5.74) is 1.93. The largest absolute Gasteiger partial charge is 0.353 e. The first-order valence-electron chi connectivity index (χ1n) is 7.15. The first-order chi connectivity index (χ1) is 9.02. The van der Waals surface area contributed by atoms with Crippen LogP contribution in [0.3, 0.4) is 0 Å². The van der Waals surface area contributed by atoms with Gasteiger partial charge in [0, 0.05) is 30.9 Å². The number of aryl methyl sites for hydroxylation is 2. The van der Waals surface area contributed by atoms with Gasteiger partial charge in [-0.3, -0.25) is 4.79 Å². The highest BCUT2D eigenvalue weighted by Gasteiger charge is 2.19. The Bertz CT molecular complexity index is 505. The molecule has 0 radical (unpaired) electrons. The number of unbranched alkanes of at least 4 members (excludes halogenated alkanes) is 1. The van der Waals surface area contributed by atoms with Gasteiger partial charge < -0.3 is 4.57 Å². The van der Waals surface area contributed by atoms with Gasteiger partial charge in [0.05, 0.1) is 11.5 Å². The van der Waals surface area contributed by atoms with Gasteiger partial charge in [-0.1, -0.05) is 6.42 Å². The predicted octanol–water partition coefficient (Wildman–Crippen LogP) is 3.73. The van der Waals surface area contributed by atoms with Crippen LogP contribution >= 0.6 is 0 Å². The number of Topliss-reactive ketones (excluding diaryl/α,β-unsaturated/α-hetero) is 1.